The third kappa shape index (κ3) is 4.17. The van der Waals surface area contributed by atoms with Crippen molar-refractivity contribution in [2.24, 2.45) is 0 Å². The van der Waals surface area contributed by atoms with Crippen molar-refractivity contribution in [3.05, 3.63) is 47.8 Å². The molecule has 0 N–H and O–H groups in total. The van der Waals surface area contributed by atoms with Crippen molar-refractivity contribution >= 4 is 17.4 Å². The molecule has 180 valence electrons. The van der Waals surface area contributed by atoms with Gasteiger partial charge in [-0.15, -0.1) is 0 Å². The number of rotatable bonds is 4. The molecule has 6 heterocycles. The van der Waals surface area contributed by atoms with E-state index in [0.29, 0.717) is 37.6 Å². The van der Waals surface area contributed by atoms with Gasteiger partial charge < -0.3 is 28.7 Å². The van der Waals surface area contributed by atoms with E-state index >= 15 is 0 Å². The van der Waals surface area contributed by atoms with E-state index in [4.69, 9.17) is 18.9 Å². The second kappa shape index (κ2) is 8.88. The first kappa shape index (κ1) is 21.9. The van der Waals surface area contributed by atoms with Crippen molar-refractivity contribution in [3.8, 4) is 0 Å². The summed E-state index contributed by atoms with van der Waals surface area (Å²) in [6.45, 7) is 5.98. The summed E-state index contributed by atoms with van der Waals surface area (Å²) in [7, 11) is 0. The molecule has 6 rings (SSSR count). The average molecular weight is 467 g/mol. The highest BCUT2D eigenvalue weighted by Crippen LogP contribution is 2.34. The highest BCUT2D eigenvalue weighted by Gasteiger charge is 2.41. The molecule has 0 atom stereocenters. The zero-order chi connectivity index (χ0) is 23.0. The van der Waals surface area contributed by atoms with E-state index in [1.807, 2.05) is 24.3 Å². The van der Waals surface area contributed by atoms with Crippen LogP contribution in [0, 0.1) is 0 Å². The summed E-state index contributed by atoms with van der Waals surface area (Å²) in [6.07, 6.45) is 6.61. The van der Waals surface area contributed by atoms with Crippen LogP contribution in [0.5, 0.6) is 0 Å². The molecule has 4 aliphatic rings. The standard InChI is InChI=1S/C25H30N4O5/c30-23(19-1-3-21(26-17-19)28-9-5-24(6-10-28)31-13-14-32-24)20-2-4-22(27-18-20)29-11-7-25(8-12-29)33-15-16-34-25/h1-4,17-18H,5-16H2. The van der Waals surface area contributed by atoms with Gasteiger partial charge >= 0.3 is 0 Å². The fraction of sp³-hybridized carbons (Fsp3) is 0.560. The number of piperidine rings is 2. The Bertz CT molecular complexity index is 915. The minimum Gasteiger partial charge on any atom is -0.356 e. The van der Waals surface area contributed by atoms with E-state index in [1.54, 1.807) is 12.4 Å². The molecular weight excluding hydrogens is 436 g/mol. The fourth-order valence-electron chi connectivity index (χ4n) is 5.31. The third-order valence-electron chi connectivity index (χ3n) is 7.35. The fourth-order valence-corrected chi connectivity index (χ4v) is 5.31. The number of pyridine rings is 2. The van der Waals surface area contributed by atoms with Gasteiger partial charge in [0.05, 0.1) is 26.4 Å². The van der Waals surface area contributed by atoms with Gasteiger partial charge in [-0.1, -0.05) is 0 Å². The molecule has 9 nitrogen and oxygen atoms in total. The van der Waals surface area contributed by atoms with Crippen molar-refractivity contribution in [1.29, 1.82) is 0 Å². The van der Waals surface area contributed by atoms with Crippen LogP contribution in [0.25, 0.3) is 0 Å². The summed E-state index contributed by atoms with van der Waals surface area (Å²) in [5, 5.41) is 0. The lowest BCUT2D eigenvalue weighted by molar-refractivity contribution is -0.169. The lowest BCUT2D eigenvalue weighted by Crippen LogP contribution is -2.45. The van der Waals surface area contributed by atoms with Gasteiger partial charge in [0, 0.05) is 75.4 Å². The Labute approximate surface area is 199 Å². The molecule has 4 fully saturated rings. The van der Waals surface area contributed by atoms with Crippen LogP contribution in [-0.4, -0.2) is 79.9 Å². The molecule has 0 radical (unpaired) electrons. The number of ketones is 1. The van der Waals surface area contributed by atoms with Crippen molar-refractivity contribution in [3.63, 3.8) is 0 Å². The highest BCUT2D eigenvalue weighted by molar-refractivity contribution is 6.08. The first-order valence-electron chi connectivity index (χ1n) is 12.2. The Balaban J connectivity index is 1.06. The van der Waals surface area contributed by atoms with Gasteiger partial charge in [0.25, 0.3) is 0 Å². The van der Waals surface area contributed by atoms with Gasteiger partial charge in [0.2, 0.25) is 0 Å². The molecule has 0 saturated carbocycles. The van der Waals surface area contributed by atoms with Crippen molar-refractivity contribution < 1.29 is 23.7 Å². The van der Waals surface area contributed by atoms with Gasteiger partial charge in [-0.2, -0.15) is 0 Å². The Morgan fingerprint density at radius 2 is 1.03 bits per heavy atom. The molecule has 4 aliphatic heterocycles. The zero-order valence-electron chi connectivity index (χ0n) is 19.3. The number of nitrogens with zero attached hydrogens (tertiary/aromatic N) is 4. The minimum atomic E-state index is -0.404. The number of aromatic nitrogens is 2. The SMILES string of the molecule is O=C(c1ccc(N2CCC3(CC2)OCCO3)nc1)c1ccc(N2CCC3(CC2)OCCO3)nc1. The predicted octanol–water partition coefficient (Wildman–Crippen LogP) is 2.39. The lowest BCUT2D eigenvalue weighted by atomic mass is 10.0. The monoisotopic (exact) mass is 466 g/mol. The normalized spacial score (nSPS) is 23.6. The van der Waals surface area contributed by atoms with Crippen molar-refractivity contribution in [1.82, 2.24) is 9.97 Å². The molecule has 34 heavy (non-hydrogen) atoms. The second-order valence-electron chi connectivity index (χ2n) is 9.33. The molecule has 2 aromatic rings. The van der Waals surface area contributed by atoms with Crippen LogP contribution >= 0.6 is 0 Å². The van der Waals surface area contributed by atoms with Crippen LogP contribution in [0.3, 0.4) is 0 Å². The van der Waals surface area contributed by atoms with Crippen molar-refractivity contribution in [2.45, 2.75) is 37.3 Å². The van der Waals surface area contributed by atoms with E-state index in [1.165, 1.54) is 0 Å². The summed E-state index contributed by atoms with van der Waals surface area (Å²) in [5.41, 5.74) is 1.12. The summed E-state index contributed by atoms with van der Waals surface area (Å²) < 4.78 is 23.2. The number of hydrogen-bond acceptors (Lipinski definition) is 9. The maximum absolute atomic E-state index is 13.0. The average Bonchev–Trinajstić information content (AvgIpc) is 3.55. The summed E-state index contributed by atoms with van der Waals surface area (Å²) in [6, 6.07) is 7.52. The van der Waals surface area contributed by atoms with Gasteiger partial charge in [0.15, 0.2) is 17.4 Å². The Morgan fingerprint density at radius 3 is 1.35 bits per heavy atom. The molecule has 2 aromatic heterocycles. The van der Waals surface area contributed by atoms with E-state index in [0.717, 1.165) is 63.5 Å². The molecule has 2 spiro atoms. The smallest absolute Gasteiger partial charge is 0.196 e. The molecular formula is C25H30N4O5. The predicted molar refractivity (Wildman–Crippen MR) is 124 cm³/mol. The maximum atomic E-state index is 13.0. The lowest BCUT2D eigenvalue weighted by Gasteiger charge is -2.38. The number of ether oxygens (including phenoxy) is 4. The van der Waals surface area contributed by atoms with E-state index in [9.17, 15) is 4.79 Å². The van der Waals surface area contributed by atoms with Gasteiger partial charge in [-0.3, -0.25) is 4.79 Å². The Morgan fingerprint density at radius 1 is 0.647 bits per heavy atom. The van der Waals surface area contributed by atoms with Gasteiger partial charge in [-0.25, -0.2) is 9.97 Å². The largest absolute Gasteiger partial charge is 0.356 e. The molecule has 0 amide bonds. The Hall–Kier alpha value is -2.59. The summed E-state index contributed by atoms with van der Waals surface area (Å²) in [4.78, 5) is 26.5. The van der Waals surface area contributed by atoms with Crippen LogP contribution in [0.4, 0.5) is 11.6 Å². The van der Waals surface area contributed by atoms with Gasteiger partial charge in [0.1, 0.15) is 11.6 Å². The number of anilines is 2. The van der Waals surface area contributed by atoms with Crippen LogP contribution in [0.1, 0.15) is 41.6 Å². The number of carbonyl (C=O) groups excluding carboxylic acids is 1. The number of carbonyl (C=O) groups is 1. The van der Waals surface area contributed by atoms with Gasteiger partial charge in [-0.05, 0) is 24.3 Å². The Kier molecular flexibility index (Phi) is 5.73. The molecule has 9 heteroatoms. The molecule has 0 aliphatic carbocycles. The first-order chi connectivity index (χ1) is 16.6. The van der Waals surface area contributed by atoms with E-state index in [-0.39, 0.29) is 5.78 Å². The van der Waals surface area contributed by atoms with Crippen LogP contribution < -0.4 is 9.80 Å². The van der Waals surface area contributed by atoms with Crippen LogP contribution in [0.15, 0.2) is 36.7 Å². The highest BCUT2D eigenvalue weighted by atomic mass is 16.7. The second-order valence-corrected chi connectivity index (χ2v) is 9.33. The first-order valence-corrected chi connectivity index (χ1v) is 12.2. The quantitative estimate of drug-likeness (QED) is 0.631. The maximum Gasteiger partial charge on any atom is 0.196 e. The van der Waals surface area contributed by atoms with E-state index in [2.05, 4.69) is 19.8 Å². The minimum absolute atomic E-state index is 0.0752. The number of hydrogen-bond donors (Lipinski definition) is 0. The molecule has 0 aromatic carbocycles. The topological polar surface area (TPSA) is 86.3 Å². The molecule has 0 unspecified atom stereocenters. The third-order valence-corrected chi connectivity index (χ3v) is 7.35. The summed E-state index contributed by atoms with van der Waals surface area (Å²) in [5.74, 6) is 0.860. The summed E-state index contributed by atoms with van der Waals surface area (Å²) >= 11 is 0. The van der Waals surface area contributed by atoms with Crippen LogP contribution in [0.2, 0.25) is 0 Å². The molecule has 4 saturated heterocycles. The van der Waals surface area contributed by atoms with Crippen LogP contribution in [-0.2, 0) is 18.9 Å². The van der Waals surface area contributed by atoms with Crippen molar-refractivity contribution in [2.75, 3.05) is 62.4 Å². The van der Waals surface area contributed by atoms with E-state index < -0.39 is 11.6 Å². The zero-order valence-corrected chi connectivity index (χ0v) is 19.3. The molecule has 0 bridgehead atoms.